The standard InChI is InChI=1S/C18H23N7O6S/c1-3-31-18(26)24-10-8-23(9-11-24)17-15(25(27)28)16(19-12-20-17)21-22-32(29,30)14-6-4-13(2)5-7-14/h4-7,12,22H,3,8-11H2,1-2H3,(H,19,20,21). The molecule has 0 spiro atoms. The molecule has 2 N–H and O–H groups in total. The lowest BCUT2D eigenvalue weighted by Crippen LogP contribution is -2.49. The van der Waals surface area contributed by atoms with Crippen molar-refractivity contribution in [2.45, 2.75) is 18.7 Å². The molecule has 32 heavy (non-hydrogen) atoms. The first-order valence-electron chi connectivity index (χ1n) is 9.73. The van der Waals surface area contributed by atoms with E-state index in [9.17, 15) is 23.3 Å². The maximum absolute atomic E-state index is 12.5. The predicted octanol–water partition coefficient (Wildman–Crippen LogP) is 1.28. The summed E-state index contributed by atoms with van der Waals surface area (Å²) in [5.74, 6) is -0.283. The lowest BCUT2D eigenvalue weighted by atomic mass is 10.2. The smallest absolute Gasteiger partial charge is 0.409 e. The van der Waals surface area contributed by atoms with Crippen LogP contribution >= 0.6 is 0 Å². The van der Waals surface area contributed by atoms with Crippen molar-refractivity contribution in [3.05, 3.63) is 46.3 Å². The van der Waals surface area contributed by atoms with Gasteiger partial charge < -0.3 is 14.5 Å². The Morgan fingerprint density at radius 3 is 2.44 bits per heavy atom. The number of hydrogen-bond donors (Lipinski definition) is 2. The molecule has 2 heterocycles. The molecule has 0 radical (unpaired) electrons. The maximum Gasteiger partial charge on any atom is 0.409 e. The van der Waals surface area contributed by atoms with Crippen molar-refractivity contribution in [3.63, 3.8) is 0 Å². The molecule has 3 rings (SSSR count). The lowest BCUT2D eigenvalue weighted by Gasteiger charge is -2.34. The van der Waals surface area contributed by atoms with Gasteiger partial charge in [-0.25, -0.2) is 23.2 Å². The minimum atomic E-state index is -3.99. The number of anilines is 2. The van der Waals surface area contributed by atoms with Gasteiger partial charge in [-0.3, -0.25) is 15.5 Å². The normalized spacial score (nSPS) is 14.2. The van der Waals surface area contributed by atoms with Crippen molar-refractivity contribution in [2.24, 2.45) is 0 Å². The van der Waals surface area contributed by atoms with E-state index in [1.165, 1.54) is 17.0 Å². The largest absolute Gasteiger partial charge is 0.450 e. The SMILES string of the molecule is CCOC(=O)N1CCN(c2ncnc(NNS(=O)(=O)c3ccc(C)cc3)c2[N+](=O)[O-])CC1. The highest BCUT2D eigenvalue weighted by Gasteiger charge is 2.31. The number of nitro groups is 1. The molecule has 0 aliphatic carbocycles. The van der Waals surface area contributed by atoms with Crippen molar-refractivity contribution in [2.75, 3.05) is 43.1 Å². The van der Waals surface area contributed by atoms with Crippen LogP contribution in [0.3, 0.4) is 0 Å². The van der Waals surface area contributed by atoms with Crippen LogP contribution in [0.1, 0.15) is 12.5 Å². The Kier molecular flexibility index (Phi) is 7.05. The van der Waals surface area contributed by atoms with E-state index in [-0.39, 0.29) is 36.2 Å². The third-order valence-corrected chi connectivity index (χ3v) is 5.99. The number of nitrogens with zero attached hydrogens (tertiary/aromatic N) is 5. The van der Waals surface area contributed by atoms with Gasteiger partial charge in [-0.15, -0.1) is 4.83 Å². The monoisotopic (exact) mass is 465 g/mol. The molecule has 1 aliphatic heterocycles. The number of hydrazine groups is 1. The predicted molar refractivity (Wildman–Crippen MR) is 115 cm³/mol. The van der Waals surface area contributed by atoms with E-state index in [2.05, 4.69) is 20.2 Å². The van der Waals surface area contributed by atoms with Crippen LogP contribution in [0.4, 0.5) is 22.1 Å². The molecule has 0 saturated carbocycles. The number of hydrogen-bond acceptors (Lipinski definition) is 10. The third-order valence-electron chi connectivity index (χ3n) is 4.73. The summed E-state index contributed by atoms with van der Waals surface area (Å²) in [4.78, 5) is 36.0. The Hall–Kier alpha value is -3.52. The van der Waals surface area contributed by atoms with Crippen molar-refractivity contribution in [3.8, 4) is 0 Å². The summed E-state index contributed by atoms with van der Waals surface area (Å²) in [7, 11) is -3.99. The van der Waals surface area contributed by atoms with Crippen molar-refractivity contribution in [1.82, 2.24) is 19.7 Å². The average Bonchev–Trinajstić information content (AvgIpc) is 2.78. The second-order valence-electron chi connectivity index (χ2n) is 6.87. The topological polar surface area (TPSA) is 160 Å². The number of aryl methyl sites for hydroxylation is 1. The zero-order chi connectivity index (χ0) is 23.3. The molecule has 1 aliphatic rings. The highest BCUT2D eigenvalue weighted by Crippen LogP contribution is 2.32. The Balaban J connectivity index is 1.78. The average molecular weight is 465 g/mol. The van der Waals surface area contributed by atoms with Crippen LogP contribution in [-0.2, 0) is 14.8 Å². The summed E-state index contributed by atoms with van der Waals surface area (Å²) in [6.07, 6.45) is 0.653. The Morgan fingerprint density at radius 1 is 1.19 bits per heavy atom. The fraction of sp³-hybridized carbons (Fsp3) is 0.389. The summed E-state index contributed by atoms with van der Waals surface area (Å²) in [5.41, 5.74) is 2.73. The van der Waals surface area contributed by atoms with Crippen LogP contribution in [-0.4, -0.2) is 67.1 Å². The molecule has 0 atom stereocenters. The van der Waals surface area contributed by atoms with Gasteiger partial charge in [0.15, 0.2) is 0 Å². The zero-order valence-electron chi connectivity index (χ0n) is 17.5. The Labute approximate surface area is 184 Å². The first-order valence-corrected chi connectivity index (χ1v) is 11.2. The van der Waals surface area contributed by atoms with E-state index in [1.54, 1.807) is 24.0 Å². The van der Waals surface area contributed by atoms with Crippen molar-refractivity contribution >= 4 is 33.4 Å². The summed E-state index contributed by atoms with van der Waals surface area (Å²) in [6, 6.07) is 6.11. The van der Waals surface area contributed by atoms with Crippen molar-refractivity contribution in [1.29, 1.82) is 0 Å². The molecule has 0 bridgehead atoms. The Morgan fingerprint density at radius 2 is 1.84 bits per heavy atom. The van der Waals surface area contributed by atoms with E-state index >= 15 is 0 Å². The number of benzene rings is 1. The number of rotatable bonds is 7. The molecular formula is C18H23N7O6S. The van der Waals surface area contributed by atoms with Gasteiger partial charge in [0.1, 0.15) is 6.33 Å². The highest BCUT2D eigenvalue weighted by atomic mass is 32.2. The number of carbonyl (C=O) groups excluding carboxylic acids is 1. The second kappa shape index (κ2) is 9.74. The molecule has 0 unspecified atom stereocenters. The quantitative estimate of drug-likeness (QED) is 0.450. The van der Waals surface area contributed by atoms with E-state index in [0.717, 1.165) is 11.9 Å². The molecule has 1 fully saturated rings. The van der Waals surface area contributed by atoms with Gasteiger partial charge in [-0.1, -0.05) is 17.7 Å². The summed E-state index contributed by atoms with van der Waals surface area (Å²) in [5, 5.41) is 11.8. The van der Waals surface area contributed by atoms with E-state index in [0.29, 0.717) is 13.1 Å². The summed E-state index contributed by atoms with van der Waals surface area (Å²) >= 11 is 0. The highest BCUT2D eigenvalue weighted by molar-refractivity contribution is 7.89. The zero-order valence-corrected chi connectivity index (χ0v) is 18.3. The molecule has 1 aromatic heterocycles. The first kappa shape index (κ1) is 23.1. The van der Waals surface area contributed by atoms with Gasteiger partial charge in [-0.05, 0) is 26.0 Å². The third kappa shape index (κ3) is 5.20. The molecule has 14 heteroatoms. The van der Waals surface area contributed by atoms with Gasteiger partial charge in [-0.2, -0.15) is 0 Å². The number of piperazine rings is 1. The molecule has 1 saturated heterocycles. The number of ether oxygens (including phenoxy) is 1. The van der Waals surface area contributed by atoms with Gasteiger partial charge in [0.25, 0.3) is 10.0 Å². The molecule has 13 nitrogen and oxygen atoms in total. The number of nitrogens with one attached hydrogen (secondary N) is 2. The summed E-state index contributed by atoms with van der Waals surface area (Å²) in [6.45, 7) is 4.94. The first-order chi connectivity index (χ1) is 15.2. The van der Waals surface area contributed by atoms with Crippen molar-refractivity contribution < 1.29 is 22.9 Å². The van der Waals surface area contributed by atoms with Gasteiger partial charge >= 0.3 is 11.8 Å². The number of amides is 1. The maximum atomic E-state index is 12.5. The minimum Gasteiger partial charge on any atom is -0.450 e. The molecule has 172 valence electrons. The van der Waals surface area contributed by atoms with Crippen LogP contribution in [0.25, 0.3) is 0 Å². The van der Waals surface area contributed by atoms with E-state index < -0.39 is 26.7 Å². The molecule has 2 aromatic rings. The van der Waals surface area contributed by atoms with Crippen LogP contribution in [0.5, 0.6) is 0 Å². The van der Waals surface area contributed by atoms with Gasteiger partial charge in [0.05, 0.1) is 16.4 Å². The molecule has 1 amide bonds. The number of carbonyl (C=O) groups is 1. The summed E-state index contributed by atoms with van der Waals surface area (Å²) < 4.78 is 30.0. The second-order valence-corrected chi connectivity index (χ2v) is 8.55. The van der Waals surface area contributed by atoms with Gasteiger partial charge in [0, 0.05) is 26.2 Å². The number of sulfonamides is 1. The van der Waals surface area contributed by atoms with E-state index in [1.807, 2.05) is 6.92 Å². The lowest BCUT2D eigenvalue weighted by molar-refractivity contribution is -0.383. The van der Waals surface area contributed by atoms with E-state index in [4.69, 9.17) is 4.74 Å². The fourth-order valence-corrected chi connectivity index (χ4v) is 3.91. The van der Waals surface area contributed by atoms with Gasteiger partial charge in [0.2, 0.25) is 11.6 Å². The number of aromatic nitrogens is 2. The van der Waals surface area contributed by atoms with Crippen LogP contribution in [0.15, 0.2) is 35.5 Å². The molecule has 1 aromatic carbocycles. The van der Waals surface area contributed by atoms with Crippen LogP contribution in [0.2, 0.25) is 0 Å². The Bertz CT molecular complexity index is 1090. The fourth-order valence-electron chi connectivity index (χ4n) is 3.07. The molecular weight excluding hydrogens is 442 g/mol. The minimum absolute atomic E-state index is 0.0115. The van der Waals surface area contributed by atoms with Crippen LogP contribution in [0, 0.1) is 17.0 Å². The van der Waals surface area contributed by atoms with Crippen LogP contribution < -0.4 is 15.2 Å².